The number of cyclic esters (lactones) is 2. The lowest BCUT2D eigenvalue weighted by Crippen LogP contribution is -2.31. The number of esters is 2. The first-order valence-corrected chi connectivity index (χ1v) is 7.86. The summed E-state index contributed by atoms with van der Waals surface area (Å²) >= 11 is 0. The number of aryl methyl sites for hydroxylation is 1. The monoisotopic (exact) mass is 344 g/mol. The molecule has 1 aliphatic rings. The summed E-state index contributed by atoms with van der Waals surface area (Å²) in [5.41, 5.74) is 0.716. The normalized spacial score (nSPS) is 19.3. The average molecular weight is 344 g/mol. The van der Waals surface area contributed by atoms with Crippen molar-refractivity contribution in [3.05, 3.63) is 34.9 Å². The third-order valence-corrected chi connectivity index (χ3v) is 4.76. The molecule has 6 nitrogen and oxygen atoms in total. The second kappa shape index (κ2) is 5.74. The number of hydrogen-bond acceptors (Lipinski definition) is 6. The third-order valence-electron chi connectivity index (χ3n) is 4.76. The van der Waals surface area contributed by atoms with Crippen molar-refractivity contribution >= 4 is 22.7 Å². The second-order valence-electron chi connectivity index (χ2n) is 6.67. The van der Waals surface area contributed by atoms with Crippen LogP contribution < -0.4 is 4.74 Å². The summed E-state index contributed by atoms with van der Waals surface area (Å²) in [5, 5.41) is 11.7. The van der Waals surface area contributed by atoms with Crippen LogP contribution in [0.1, 0.15) is 36.6 Å². The molecule has 0 fully saturated rings. The number of hydrogen-bond donors (Lipinski definition) is 1. The minimum Gasteiger partial charge on any atom is -0.507 e. The number of ether oxygens (including phenoxy) is 3. The van der Waals surface area contributed by atoms with Crippen molar-refractivity contribution in [3.8, 4) is 11.5 Å². The van der Waals surface area contributed by atoms with Gasteiger partial charge in [0.25, 0.3) is 0 Å². The van der Waals surface area contributed by atoms with Gasteiger partial charge in [0.2, 0.25) is 0 Å². The van der Waals surface area contributed by atoms with Crippen LogP contribution in [-0.4, -0.2) is 31.3 Å². The minimum atomic E-state index is -1.12. The summed E-state index contributed by atoms with van der Waals surface area (Å²) < 4.78 is 15.7. The fourth-order valence-corrected chi connectivity index (χ4v) is 3.29. The van der Waals surface area contributed by atoms with E-state index in [4.69, 9.17) is 14.2 Å². The first-order chi connectivity index (χ1) is 11.7. The molecule has 0 bridgehead atoms. The van der Waals surface area contributed by atoms with Gasteiger partial charge < -0.3 is 19.3 Å². The van der Waals surface area contributed by atoms with E-state index < -0.39 is 23.5 Å². The van der Waals surface area contributed by atoms with Gasteiger partial charge in [0.1, 0.15) is 11.5 Å². The van der Waals surface area contributed by atoms with Gasteiger partial charge in [-0.05, 0) is 55.5 Å². The fraction of sp³-hybridized carbons (Fsp3) is 0.368. The number of aromatic hydroxyl groups is 1. The Morgan fingerprint density at radius 3 is 2.40 bits per heavy atom. The Morgan fingerprint density at radius 2 is 1.80 bits per heavy atom. The molecule has 1 N–H and O–H groups in total. The molecule has 0 radical (unpaired) electrons. The number of carbonyl (C=O) groups is 2. The molecule has 132 valence electrons. The van der Waals surface area contributed by atoms with Gasteiger partial charge in [-0.1, -0.05) is 0 Å². The molecule has 1 aliphatic heterocycles. The van der Waals surface area contributed by atoms with E-state index in [1.54, 1.807) is 33.1 Å². The Labute approximate surface area is 145 Å². The van der Waals surface area contributed by atoms with Gasteiger partial charge in [0, 0.05) is 18.1 Å². The Hall–Kier alpha value is -2.60. The number of fused-ring (bicyclic) bond motifs is 3. The summed E-state index contributed by atoms with van der Waals surface area (Å²) in [7, 11) is 2.92. The van der Waals surface area contributed by atoms with Gasteiger partial charge in [-0.3, -0.25) is 4.79 Å². The molecular formula is C19H20O6. The molecule has 0 unspecified atom stereocenters. The molecule has 0 spiro atoms. The van der Waals surface area contributed by atoms with Gasteiger partial charge >= 0.3 is 11.9 Å². The Morgan fingerprint density at radius 1 is 1.12 bits per heavy atom. The number of phenols is 1. The summed E-state index contributed by atoms with van der Waals surface area (Å²) in [4.78, 5) is 24.8. The van der Waals surface area contributed by atoms with Crippen molar-refractivity contribution < 1.29 is 28.9 Å². The van der Waals surface area contributed by atoms with Gasteiger partial charge in [0.05, 0.1) is 12.5 Å². The number of benzene rings is 2. The highest BCUT2D eigenvalue weighted by molar-refractivity contribution is 6.03. The van der Waals surface area contributed by atoms with Crippen molar-refractivity contribution in [1.29, 1.82) is 0 Å². The summed E-state index contributed by atoms with van der Waals surface area (Å²) in [6.07, 6.45) is -1.07. The topological polar surface area (TPSA) is 82.1 Å². The zero-order chi connectivity index (χ0) is 18.5. The van der Waals surface area contributed by atoms with E-state index in [9.17, 15) is 14.7 Å². The molecular weight excluding hydrogens is 324 g/mol. The molecule has 25 heavy (non-hydrogen) atoms. The van der Waals surface area contributed by atoms with Crippen LogP contribution in [0.4, 0.5) is 0 Å². The second-order valence-corrected chi connectivity index (χ2v) is 6.67. The van der Waals surface area contributed by atoms with Crippen LogP contribution in [0.3, 0.4) is 0 Å². The van der Waals surface area contributed by atoms with Crippen molar-refractivity contribution in [2.45, 2.75) is 32.3 Å². The van der Waals surface area contributed by atoms with Crippen LogP contribution in [0, 0.1) is 6.92 Å². The van der Waals surface area contributed by atoms with Crippen molar-refractivity contribution in [3.63, 3.8) is 0 Å². The maximum Gasteiger partial charge on any atom is 0.347 e. The van der Waals surface area contributed by atoms with Crippen LogP contribution in [0.2, 0.25) is 0 Å². The highest BCUT2D eigenvalue weighted by Crippen LogP contribution is 2.45. The largest absolute Gasteiger partial charge is 0.507 e. The van der Waals surface area contributed by atoms with Crippen molar-refractivity contribution in [1.82, 2.24) is 0 Å². The van der Waals surface area contributed by atoms with E-state index in [0.717, 1.165) is 5.56 Å². The standard InChI is InChI=1S/C19H20O6/c1-9-6-10-11(7-14(9)23-4)15-12(8-13(10)20)19(2,3)18(22)25-17(21)16(15)24-5/h6-8,16,20H,1-5H3/t16-/m0/s1. The summed E-state index contributed by atoms with van der Waals surface area (Å²) in [5.74, 6) is -0.830. The van der Waals surface area contributed by atoms with E-state index in [1.807, 2.05) is 6.92 Å². The smallest absolute Gasteiger partial charge is 0.347 e. The fourth-order valence-electron chi connectivity index (χ4n) is 3.29. The number of rotatable bonds is 2. The lowest BCUT2D eigenvalue weighted by atomic mass is 9.79. The minimum absolute atomic E-state index is 0.0181. The molecule has 2 aromatic rings. The van der Waals surface area contributed by atoms with E-state index in [2.05, 4.69) is 0 Å². The van der Waals surface area contributed by atoms with Crippen LogP contribution in [-0.2, 0) is 24.5 Å². The molecule has 0 aliphatic carbocycles. The highest BCUT2D eigenvalue weighted by Gasteiger charge is 2.44. The van der Waals surface area contributed by atoms with Crippen LogP contribution in [0.5, 0.6) is 11.5 Å². The zero-order valence-corrected chi connectivity index (χ0v) is 14.8. The third kappa shape index (κ3) is 2.44. The molecule has 1 heterocycles. The first kappa shape index (κ1) is 17.2. The predicted molar refractivity (Wildman–Crippen MR) is 90.8 cm³/mol. The zero-order valence-electron chi connectivity index (χ0n) is 14.8. The van der Waals surface area contributed by atoms with Crippen LogP contribution in [0.15, 0.2) is 18.2 Å². The SMILES string of the molecule is COc1cc2c3c(cc(O)c2cc1C)C(C)(C)C(=O)OC(=O)[C@H]3OC. The molecule has 6 heteroatoms. The maximum absolute atomic E-state index is 12.4. The Bertz CT molecular complexity index is 897. The summed E-state index contributed by atoms with van der Waals surface area (Å²) in [6, 6.07) is 5.03. The maximum atomic E-state index is 12.4. The molecule has 2 aromatic carbocycles. The molecule has 0 saturated heterocycles. The molecule has 0 saturated carbocycles. The van der Waals surface area contributed by atoms with Crippen molar-refractivity contribution in [2.75, 3.05) is 14.2 Å². The average Bonchev–Trinajstić information content (AvgIpc) is 2.62. The van der Waals surface area contributed by atoms with E-state index in [0.29, 0.717) is 27.6 Å². The van der Waals surface area contributed by atoms with Crippen molar-refractivity contribution in [2.24, 2.45) is 0 Å². The quantitative estimate of drug-likeness (QED) is 0.666. The van der Waals surface area contributed by atoms with Gasteiger partial charge in [-0.15, -0.1) is 0 Å². The predicted octanol–water partition coefficient (Wildman–Crippen LogP) is 2.91. The Kier molecular flexibility index (Phi) is 3.95. The molecule has 1 atom stereocenters. The van der Waals surface area contributed by atoms with Crippen LogP contribution >= 0.6 is 0 Å². The number of phenolic OH excluding ortho intramolecular Hbond substituents is 1. The number of carbonyl (C=O) groups excluding carboxylic acids is 2. The van der Waals surface area contributed by atoms with Crippen LogP contribution in [0.25, 0.3) is 10.8 Å². The molecule has 0 aromatic heterocycles. The number of methoxy groups -OCH3 is 2. The van der Waals surface area contributed by atoms with Gasteiger partial charge in [-0.25, -0.2) is 4.79 Å². The van der Waals surface area contributed by atoms with Gasteiger partial charge in [-0.2, -0.15) is 0 Å². The van der Waals surface area contributed by atoms with E-state index >= 15 is 0 Å². The molecule has 3 rings (SSSR count). The highest BCUT2D eigenvalue weighted by atomic mass is 16.6. The Balaban J connectivity index is 2.51. The molecule has 0 amide bonds. The summed E-state index contributed by atoms with van der Waals surface area (Å²) in [6.45, 7) is 5.16. The lowest BCUT2D eigenvalue weighted by Gasteiger charge is -2.24. The van der Waals surface area contributed by atoms with Gasteiger partial charge in [0.15, 0.2) is 6.10 Å². The van der Waals surface area contributed by atoms with E-state index in [-0.39, 0.29) is 5.75 Å². The lowest BCUT2D eigenvalue weighted by molar-refractivity contribution is -0.169. The first-order valence-electron chi connectivity index (χ1n) is 7.86. The van der Waals surface area contributed by atoms with E-state index in [1.165, 1.54) is 13.2 Å².